The van der Waals surface area contributed by atoms with Crippen LogP contribution in [0.15, 0.2) is 72.1 Å². The summed E-state index contributed by atoms with van der Waals surface area (Å²) in [5, 5.41) is 9.12. The second-order valence-corrected chi connectivity index (χ2v) is 11.0. The van der Waals surface area contributed by atoms with E-state index in [0.29, 0.717) is 11.5 Å². The number of likely N-dealkylation sites (tertiary alicyclic amines) is 1. The van der Waals surface area contributed by atoms with E-state index in [4.69, 9.17) is 0 Å². The highest BCUT2D eigenvalue weighted by atomic mass is 32.1. The number of nitrogens with zero attached hydrogens (tertiary/aromatic N) is 1. The second-order valence-electron chi connectivity index (χ2n) is 9.99. The van der Waals surface area contributed by atoms with Gasteiger partial charge >= 0.3 is 0 Å². The molecule has 0 unspecified atom stereocenters. The molecule has 180 valence electrons. The number of para-hydroxylation sites is 1. The lowest BCUT2D eigenvalue weighted by molar-refractivity contribution is -0.138. The van der Waals surface area contributed by atoms with Gasteiger partial charge in [-0.1, -0.05) is 55.3 Å². The van der Waals surface area contributed by atoms with Gasteiger partial charge < -0.3 is 15.5 Å². The van der Waals surface area contributed by atoms with Gasteiger partial charge in [0.1, 0.15) is 0 Å². The molecule has 2 N–H and O–H groups in total. The molecule has 3 heterocycles. The number of anilines is 1. The molecule has 0 radical (unpaired) electrons. The van der Waals surface area contributed by atoms with Crippen LogP contribution < -0.4 is 10.6 Å². The zero-order chi connectivity index (χ0) is 23.8. The van der Waals surface area contributed by atoms with Gasteiger partial charge in [-0.25, -0.2) is 0 Å². The first-order chi connectivity index (χ1) is 17.2. The largest absolute Gasteiger partial charge is 0.377 e. The van der Waals surface area contributed by atoms with Crippen LogP contribution in [0.25, 0.3) is 0 Å². The van der Waals surface area contributed by atoms with Gasteiger partial charge in [-0.05, 0) is 54.5 Å². The first-order valence-electron chi connectivity index (χ1n) is 12.8. The Kier molecular flexibility index (Phi) is 6.06. The zero-order valence-corrected chi connectivity index (χ0v) is 20.5. The number of hydrogen-bond acceptors (Lipinski definition) is 4. The maximum atomic E-state index is 14.1. The molecule has 3 aliphatic rings. The van der Waals surface area contributed by atoms with E-state index < -0.39 is 0 Å². The van der Waals surface area contributed by atoms with Crippen molar-refractivity contribution in [3.05, 3.63) is 88.1 Å². The second kappa shape index (κ2) is 9.50. The molecule has 1 saturated carbocycles. The number of hydrogen-bond donors (Lipinski definition) is 2. The summed E-state index contributed by atoms with van der Waals surface area (Å²) in [7, 11) is 0. The van der Waals surface area contributed by atoms with E-state index in [1.807, 2.05) is 30.3 Å². The first-order valence-corrected chi connectivity index (χ1v) is 13.6. The Morgan fingerprint density at radius 3 is 2.54 bits per heavy atom. The van der Waals surface area contributed by atoms with Gasteiger partial charge in [0.15, 0.2) is 0 Å². The predicted octanol–water partition coefficient (Wildman–Crippen LogP) is 5.79. The quantitative estimate of drug-likeness (QED) is 0.491. The van der Waals surface area contributed by atoms with E-state index in [1.165, 1.54) is 10.4 Å². The summed E-state index contributed by atoms with van der Waals surface area (Å²) >= 11 is 1.78. The average molecular weight is 486 g/mol. The number of thiophene rings is 1. The molecule has 1 aliphatic carbocycles. The molecule has 2 amide bonds. The van der Waals surface area contributed by atoms with Crippen LogP contribution in [0.2, 0.25) is 0 Å². The van der Waals surface area contributed by atoms with E-state index in [0.717, 1.165) is 44.3 Å². The summed E-state index contributed by atoms with van der Waals surface area (Å²) in [6.45, 7) is 0.766. The molecule has 0 bridgehead atoms. The van der Waals surface area contributed by atoms with Gasteiger partial charge in [0.2, 0.25) is 5.91 Å². The SMILES string of the molecule is O=C(N[C@@H]1CCCC[C@@H]1C(=O)N1CC[C@@H]2[C@H](c3cccs3)Nc3ccccc3[C@@H]21)c1ccccc1. The molecular formula is C29H31N3O2S. The van der Waals surface area contributed by atoms with Crippen LogP contribution >= 0.6 is 11.3 Å². The van der Waals surface area contributed by atoms with Crippen molar-refractivity contribution in [2.75, 3.05) is 11.9 Å². The topological polar surface area (TPSA) is 61.4 Å². The van der Waals surface area contributed by atoms with Crippen LogP contribution in [0.4, 0.5) is 5.69 Å². The average Bonchev–Trinajstić information content (AvgIpc) is 3.60. The Morgan fingerprint density at radius 2 is 1.71 bits per heavy atom. The normalized spacial score (nSPS) is 27.4. The summed E-state index contributed by atoms with van der Waals surface area (Å²) in [6, 6.07) is 22.3. The highest BCUT2D eigenvalue weighted by Crippen LogP contribution is 2.52. The van der Waals surface area contributed by atoms with Crippen molar-refractivity contribution in [2.24, 2.45) is 11.8 Å². The Morgan fingerprint density at radius 1 is 0.914 bits per heavy atom. The Hall–Kier alpha value is -3.12. The van der Waals surface area contributed by atoms with E-state index in [9.17, 15) is 9.59 Å². The Balaban J connectivity index is 1.27. The smallest absolute Gasteiger partial charge is 0.251 e. The number of fused-ring (bicyclic) bond motifs is 3. The number of carbonyl (C=O) groups excluding carboxylic acids is 2. The molecule has 6 heteroatoms. The third-order valence-electron chi connectivity index (χ3n) is 8.03. The third kappa shape index (κ3) is 4.14. The molecule has 5 nitrogen and oxygen atoms in total. The number of nitrogens with one attached hydrogen (secondary N) is 2. The van der Waals surface area contributed by atoms with Crippen molar-refractivity contribution in [1.29, 1.82) is 0 Å². The van der Waals surface area contributed by atoms with E-state index in [1.54, 1.807) is 11.3 Å². The van der Waals surface area contributed by atoms with Crippen LogP contribution in [-0.4, -0.2) is 29.3 Å². The summed E-state index contributed by atoms with van der Waals surface area (Å²) in [6.07, 6.45) is 4.75. The van der Waals surface area contributed by atoms with Gasteiger partial charge in [-0.15, -0.1) is 11.3 Å². The molecule has 2 aromatic carbocycles. The van der Waals surface area contributed by atoms with Crippen molar-refractivity contribution >= 4 is 28.8 Å². The van der Waals surface area contributed by atoms with Crippen LogP contribution in [0.1, 0.15) is 65.0 Å². The van der Waals surface area contributed by atoms with E-state index >= 15 is 0 Å². The van der Waals surface area contributed by atoms with Gasteiger partial charge in [0.05, 0.1) is 18.0 Å². The minimum Gasteiger partial charge on any atom is -0.377 e. The lowest BCUT2D eigenvalue weighted by atomic mass is 9.80. The van der Waals surface area contributed by atoms with Gasteiger partial charge in [0, 0.05) is 34.6 Å². The Bertz CT molecular complexity index is 1200. The fourth-order valence-corrected chi connectivity index (χ4v) is 7.23. The number of amides is 2. The van der Waals surface area contributed by atoms with Crippen molar-refractivity contribution in [2.45, 2.75) is 50.2 Å². The van der Waals surface area contributed by atoms with Crippen molar-refractivity contribution < 1.29 is 9.59 Å². The molecule has 6 rings (SSSR count). The minimum absolute atomic E-state index is 0.0689. The van der Waals surface area contributed by atoms with E-state index in [2.05, 4.69) is 57.3 Å². The molecule has 0 spiro atoms. The zero-order valence-electron chi connectivity index (χ0n) is 19.7. The van der Waals surface area contributed by atoms with Crippen molar-refractivity contribution in [1.82, 2.24) is 10.2 Å². The fourth-order valence-electron chi connectivity index (χ4n) is 6.38. The molecule has 1 aromatic heterocycles. The third-order valence-corrected chi connectivity index (χ3v) is 8.99. The lowest BCUT2D eigenvalue weighted by Gasteiger charge is -2.41. The molecule has 35 heavy (non-hydrogen) atoms. The highest BCUT2D eigenvalue weighted by Gasteiger charge is 2.48. The summed E-state index contributed by atoms with van der Waals surface area (Å²) < 4.78 is 0. The van der Waals surface area contributed by atoms with Gasteiger partial charge in [-0.2, -0.15) is 0 Å². The molecular weight excluding hydrogens is 454 g/mol. The monoisotopic (exact) mass is 485 g/mol. The molecule has 1 saturated heterocycles. The van der Waals surface area contributed by atoms with Crippen molar-refractivity contribution in [3.8, 4) is 0 Å². The number of benzene rings is 2. The van der Waals surface area contributed by atoms with Gasteiger partial charge in [-0.3, -0.25) is 9.59 Å². The number of rotatable bonds is 4. The number of carbonyl (C=O) groups is 2. The highest BCUT2D eigenvalue weighted by molar-refractivity contribution is 7.10. The molecule has 3 aromatic rings. The maximum Gasteiger partial charge on any atom is 0.251 e. The van der Waals surface area contributed by atoms with E-state index in [-0.39, 0.29) is 35.9 Å². The fraction of sp³-hybridized carbons (Fsp3) is 0.379. The van der Waals surface area contributed by atoms with Gasteiger partial charge in [0.25, 0.3) is 5.91 Å². The lowest BCUT2D eigenvalue weighted by Crippen LogP contribution is -2.50. The predicted molar refractivity (Wildman–Crippen MR) is 139 cm³/mol. The van der Waals surface area contributed by atoms with Crippen LogP contribution in [-0.2, 0) is 4.79 Å². The summed E-state index contributed by atoms with van der Waals surface area (Å²) in [5.41, 5.74) is 3.00. The van der Waals surface area contributed by atoms with Crippen LogP contribution in [0.5, 0.6) is 0 Å². The summed E-state index contributed by atoms with van der Waals surface area (Å²) in [4.78, 5) is 30.5. The maximum absolute atomic E-state index is 14.1. The first kappa shape index (κ1) is 22.4. The molecule has 2 fully saturated rings. The summed E-state index contributed by atoms with van der Waals surface area (Å²) in [5.74, 6) is 0.294. The van der Waals surface area contributed by atoms with Crippen LogP contribution in [0, 0.1) is 11.8 Å². The van der Waals surface area contributed by atoms with Crippen LogP contribution in [0.3, 0.4) is 0 Å². The van der Waals surface area contributed by atoms with Crippen molar-refractivity contribution in [3.63, 3.8) is 0 Å². The Labute approximate surface area is 210 Å². The molecule has 2 aliphatic heterocycles. The standard InChI is InChI=1S/C29H31N3O2S/c33-28(19-9-2-1-3-10-19)31-24-14-7-5-12-21(24)29(34)32-17-16-22-26(25-15-8-18-35-25)30-23-13-6-4-11-20(23)27(22)32/h1-4,6,8-11,13,15,18,21-22,24,26-27,30H,5,7,12,14,16-17H2,(H,31,33)/t21-,22+,24+,26+,27-/m0/s1. The minimum atomic E-state index is -0.169. The molecule has 5 atom stereocenters.